The molecule has 0 bridgehead atoms. The van der Waals surface area contributed by atoms with E-state index in [1.807, 2.05) is 48.3 Å². The quantitative estimate of drug-likeness (QED) is 0.834. The molecule has 2 rings (SSSR count). The number of aliphatic hydroxyl groups excluding tert-OH is 1. The molecule has 0 amide bonds. The molecule has 21 heavy (non-hydrogen) atoms. The average molecular weight is 300 g/mol. The molecule has 0 spiro atoms. The van der Waals surface area contributed by atoms with Crippen LogP contribution in [-0.4, -0.2) is 23.7 Å². The van der Waals surface area contributed by atoms with Gasteiger partial charge in [0.15, 0.2) is 0 Å². The Balaban J connectivity index is 2.06. The smallest absolute Gasteiger partial charge is 0.103 e. The van der Waals surface area contributed by atoms with Gasteiger partial charge in [-0.1, -0.05) is 48.6 Å². The molecule has 2 aromatic rings. The van der Waals surface area contributed by atoms with E-state index in [-0.39, 0.29) is 0 Å². The van der Waals surface area contributed by atoms with Gasteiger partial charge in [0.05, 0.1) is 6.10 Å². The van der Waals surface area contributed by atoms with Crippen LogP contribution in [0.1, 0.15) is 22.8 Å². The zero-order valence-electron chi connectivity index (χ0n) is 12.3. The van der Waals surface area contributed by atoms with Crippen molar-refractivity contribution in [2.24, 2.45) is 5.73 Å². The minimum atomic E-state index is -0.559. The number of thiocarbonyl (C=S) groups is 1. The molecule has 0 aromatic heterocycles. The number of aryl methyl sites for hydroxylation is 1. The number of anilines is 1. The summed E-state index contributed by atoms with van der Waals surface area (Å²) in [6, 6.07) is 15.6. The third-order valence-corrected chi connectivity index (χ3v) is 3.70. The normalized spacial score (nSPS) is 12.0. The summed E-state index contributed by atoms with van der Waals surface area (Å²) in [6.45, 7) is 2.58. The summed E-state index contributed by atoms with van der Waals surface area (Å²) in [5.41, 5.74) is 9.54. The number of likely N-dealkylation sites (N-methyl/N-ethyl adjacent to an activating group) is 1. The molecule has 1 atom stereocenters. The van der Waals surface area contributed by atoms with Crippen molar-refractivity contribution >= 4 is 22.9 Å². The molecule has 0 aliphatic carbocycles. The van der Waals surface area contributed by atoms with E-state index in [0.29, 0.717) is 11.5 Å². The van der Waals surface area contributed by atoms with Gasteiger partial charge in [0.2, 0.25) is 0 Å². The van der Waals surface area contributed by atoms with E-state index in [1.54, 1.807) is 0 Å². The van der Waals surface area contributed by atoms with Crippen LogP contribution in [0.5, 0.6) is 0 Å². The molecular formula is C17H20N2OS. The second kappa shape index (κ2) is 6.70. The monoisotopic (exact) mass is 300 g/mol. The van der Waals surface area contributed by atoms with Crippen LogP contribution in [0.4, 0.5) is 5.69 Å². The van der Waals surface area contributed by atoms with Crippen molar-refractivity contribution in [3.05, 3.63) is 65.2 Å². The van der Waals surface area contributed by atoms with Gasteiger partial charge in [0, 0.05) is 24.8 Å². The number of hydrogen-bond donors (Lipinski definition) is 2. The van der Waals surface area contributed by atoms with Crippen molar-refractivity contribution in [1.29, 1.82) is 0 Å². The third-order valence-electron chi connectivity index (χ3n) is 3.47. The molecule has 3 nitrogen and oxygen atoms in total. The Morgan fingerprint density at radius 3 is 2.48 bits per heavy atom. The van der Waals surface area contributed by atoms with Gasteiger partial charge < -0.3 is 15.7 Å². The lowest BCUT2D eigenvalue weighted by Crippen LogP contribution is -2.24. The highest BCUT2D eigenvalue weighted by atomic mass is 32.1. The molecule has 1 unspecified atom stereocenters. The van der Waals surface area contributed by atoms with Crippen molar-refractivity contribution in [2.45, 2.75) is 13.0 Å². The maximum absolute atomic E-state index is 10.3. The molecule has 3 N–H and O–H groups in total. The van der Waals surface area contributed by atoms with Gasteiger partial charge in [-0.25, -0.2) is 0 Å². The molecule has 4 heteroatoms. The zero-order valence-corrected chi connectivity index (χ0v) is 13.1. The van der Waals surface area contributed by atoms with Crippen LogP contribution >= 0.6 is 12.2 Å². The number of nitrogens with two attached hydrogens (primary N) is 1. The van der Waals surface area contributed by atoms with E-state index in [4.69, 9.17) is 18.0 Å². The van der Waals surface area contributed by atoms with Gasteiger partial charge in [-0.05, 0) is 30.2 Å². The first-order chi connectivity index (χ1) is 9.97. The van der Waals surface area contributed by atoms with E-state index >= 15 is 0 Å². The molecule has 0 fully saturated rings. The second-order valence-electron chi connectivity index (χ2n) is 5.22. The maximum Gasteiger partial charge on any atom is 0.103 e. The van der Waals surface area contributed by atoms with Crippen LogP contribution in [0.2, 0.25) is 0 Å². The number of nitrogens with zero attached hydrogens (tertiary/aromatic N) is 1. The highest BCUT2D eigenvalue weighted by Crippen LogP contribution is 2.20. The predicted octanol–water partition coefficient (Wildman–Crippen LogP) is 2.80. The van der Waals surface area contributed by atoms with Crippen LogP contribution in [0.3, 0.4) is 0 Å². The molecule has 0 saturated carbocycles. The van der Waals surface area contributed by atoms with Crippen LogP contribution in [-0.2, 0) is 0 Å². The summed E-state index contributed by atoms with van der Waals surface area (Å²) < 4.78 is 0. The van der Waals surface area contributed by atoms with Crippen LogP contribution in [0.25, 0.3) is 0 Å². The van der Waals surface area contributed by atoms with E-state index in [2.05, 4.69) is 19.1 Å². The number of rotatable bonds is 5. The van der Waals surface area contributed by atoms with Crippen molar-refractivity contribution in [3.8, 4) is 0 Å². The molecule has 0 aliphatic heterocycles. The summed E-state index contributed by atoms with van der Waals surface area (Å²) in [5.74, 6) is 0. The van der Waals surface area contributed by atoms with Gasteiger partial charge in [-0.15, -0.1) is 0 Å². The molecule has 0 heterocycles. The lowest BCUT2D eigenvalue weighted by molar-refractivity contribution is 0.185. The topological polar surface area (TPSA) is 49.5 Å². The lowest BCUT2D eigenvalue weighted by atomic mass is 10.1. The Labute approximate surface area is 131 Å². The lowest BCUT2D eigenvalue weighted by Gasteiger charge is -2.23. The fourth-order valence-corrected chi connectivity index (χ4v) is 2.34. The Bertz CT molecular complexity index is 625. The first-order valence-electron chi connectivity index (χ1n) is 6.83. The highest BCUT2D eigenvalue weighted by Gasteiger charge is 2.11. The molecule has 110 valence electrons. The maximum atomic E-state index is 10.3. The molecule has 2 aromatic carbocycles. The standard InChI is InChI=1S/C17H20N2OS/c1-12-4-3-5-15(10-12)19(2)11-16(20)13-6-8-14(9-7-13)17(18)21/h3-10,16,20H,11H2,1-2H3,(H2,18,21). The third kappa shape index (κ3) is 4.03. The Hall–Kier alpha value is -1.91. The van der Waals surface area contributed by atoms with E-state index in [1.165, 1.54) is 5.56 Å². The van der Waals surface area contributed by atoms with E-state index in [9.17, 15) is 5.11 Å². The van der Waals surface area contributed by atoms with Crippen molar-refractivity contribution in [2.75, 3.05) is 18.5 Å². The SMILES string of the molecule is Cc1cccc(N(C)CC(O)c2ccc(C(N)=S)cc2)c1. The van der Waals surface area contributed by atoms with Crippen molar-refractivity contribution in [1.82, 2.24) is 0 Å². The molecule has 0 radical (unpaired) electrons. The summed E-state index contributed by atoms with van der Waals surface area (Å²) in [4.78, 5) is 2.41. The van der Waals surface area contributed by atoms with E-state index < -0.39 is 6.10 Å². The Morgan fingerprint density at radius 2 is 1.90 bits per heavy atom. The fraction of sp³-hybridized carbons (Fsp3) is 0.235. The zero-order chi connectivity index (χ0) is 15.4. The molecular weight excluding hydrogens is 280 g/mol. The van der Waals surface area contributed by atoms with E-state index in [0.717, 1.165) is 16.8 Å². The van der Waals surface area contributed by atoms with Crippen molar-refractivity contribution in [3.63, 3.8) is 0 Å². The Morgan fingerprint density at radius 1 is 1.24 bits per heavy atom. The molecule has 0 aliphatic rings. The van der Waals surface area contributed by atoms with Crippen molar-refractivity contribution < 1.29 is 5.11 Å². The summed E-state index contributed by atoms with van der Waals surface area (Å²) in [6.07, 6.45) is -0.559. The van der Waals surface area contributed by atoms with Gasteiger partial charge in [-0.2, -0.15) is 0 Å². The van der Waals surface area contributed by atoms with Crippen LogP contribution in [0.15, 0.2) is 48.5 Å². The molecule has 0 saturated heterocycles. The first kappa shape index (κ1) is 15.5. The largest absolute Gasteiger partial charge is 0.389 e. The van der Waals surface area contributed by atoms with Gasteiger partial charge >= 0.3 is 0 Å². The number of benzene rings is 2. The average Bonchev–Trinajstić information content (AvgIpc) is 2.47. The van der Waals surface area contributed by atoms with Gasteiger partial charge in [0.25, 0.3) is 0 Å². The van der Waals surface area contributed by atoms with Gasteiger partial charge in [-0.3, -0.25) is 0 Å². The Kier molecular flexibility index (Phi) is 4.94. The number of aliphatic hydroxyl groups is 1. The first-order valence-corrected chi connectivity index (χ1v) is 7.24. The number of hydrogen-bond acceptors (Lipinski definition) is 3. The fourth-order valence-electron chi connectivity index (χ4n) is 2.21. The summed E-state index contributed by atoms with van der Waals surface area (Å²) in [5, 5.41) is 10.3. The predicted molar refractivity (Wildman–Crippen MR) is 91.7 cm³/mol. The summed E-state index contributed by atoms with van der Waals surface area (Å²) >= 11 is 4.92. The second-order valence-corrected chi connectivity index (χ2v) is 5.66. The van der Waals surface area contributed by atoms with Crippen LogP contribution < -0.4 is 10.6 Å². The minimum Gasteiger partial charge on any atom is -0.389 e. The van der Waals surface area contributed by atoms with Gasteiger partial charge in [0.1, 0.15) is 4.99 Å². The summed E-state index contributed by atoms with van der Waals surface area (Å²) in [7, 11) is 1.97. The van der Waals surface area contributed by atoms with Crippen LogP contribution in [0, 0.1) is 6.92 Å². The highest BCUT2D eigenvalue weighted by molar-refractivity contribution is 7.80. The minimum absolute atomic E-state index is 0.368.